The maximum absolute atomic E-state index is 8.99. The minimum absolute atomic E-state index is 0.0859. The molecule has 0 radical (unpaired) electrons. The van der Waals surface area contributed by atoms with Gasteiger partial charge in [-0.2, -0.15) is 0 Å². The van der Waals surface area contributed by atoms with Gasteiger partial charge in [0.2, 0.25) is 0 Å². The number of nitrogens with two attached hydrogens (primary N) is 2. The van der Waals surface area contributed by atoms with Gasteiger partial charge in [0, 0.05) is 0 Å². The zero-order valence-electron chi connectivity index (χ0n) is 12.8. The summed E-state index contributed by atoms with van der Waals surface area (Å²) >= 11 is 5.67. The number of nitrogens with zero attached hydrogens (tertiary/aromatic N) is 1. The molecule has 6 N–H and O–H groups in total. The SMILES string of the molecule is B=C(Cl)/N=C(Nc1ccc(OCCCC(=C)O)cc1)\C(N)=C/N. The van der Waals surface area contributed by atoms with Crippen molar-refractivity contribution >= 4 is 35.7 Å². The molecule has 0 aromatic heterocycles. The van der Waals surface area contributed by atoms with Crippen molar-refractivity contribution in [3.8, 4) is 5.75 Å². The fourth-order valence-corrected chi connectivity index (χ4v) is 1.69. The fourth-order valence-electron chi connectivity index (χ4n) is 1.60. The number of aliphatic imine (C=N–C) groups is 1. The molecule has 0 aliphatic heterocycles. The van der Waals surface area contributed by atoms with Gasteiger partial charge in [0.05, 0.1) is 5.76 Å². The standard InChI is InChI=1S/C15H20BClN4O2/c1-10(22)3-2-8-23-12-6-4-11(5-7-12)20-14(13(19)9-18)21-15(16)17/h4-7,9,16,22H,1-3,8,18-19H2,(H,20,21)/b13-9+. The van der Waals surface area contributed by atoms with Gasteiger partial charge in [-0.05, 0) is 0 Å². The number of hydrogen-bond donors (Lipinski definition) is 4. The Labute approximate surface area is 141 Å². The number of halogens is 1. The molecule has 0 unspecified atom stereocenters. The number of nitrogens with one attached hydrogen (secondary N) is 1. The molecule has 0 aliphatic carbocycles. The van der Waals surface area contributed by atoms with Crippen LogP contribution in [0.2, 0.25) is 0 Å². The molecule has 122 valence electrons. The van der Waals surface area contributed by atoms with E-state index in [1.807, 2.05) is 0 Å². The molecule has 23 heavy (non-hydrogen) atoms. The van der Waals surface area contributed by atoms with E-state index in [9.17, 15) is 0 Å². The first-order valence-electron chi connectivity index (χ1n) is 6.90. The zero-order valence-corrected chi connectivity index (χ0v) is 13.5. The number of amidine groups is 1. The van der Waals surface area contributed by atoms with Crippen molar-refractivity contribution in [2.45, 2.75) is 12.8 Å². The maximum atomic E-state index is 8.99. The summed E-state index contributed by atoms with van der Waals surface area (Å²) in [7, 11) is 3.49. The average Bonchev–Trinajstić information content (AvgIpc) is 2.51. The Morgan fingerprint density at radius 2 is 2.09 bits per heavy atom. The molecule has 0 saturated carbocycles. The Kier molecular flexibility index (Phi) is 7.76. The van der Waals surface area contributed by atoms with E-state index in [4.69, 9.17) is 32.9 Å². The van der Waals surface area contributed by atoms with Crippen LogP contribution in [-0.2, 0) is 0 Å². The van der Waals surface area contributed by atoms with Crippen molar-refractivity contribution in [2.75, 3.05) is 11.9 Å². The number of ether oxygens (including phenoxy) is 1. The van der Waals surface area contributed by atoms with Gasteiger partial charge in [-0.3, -0.25) is 0 Å². The van der Waals surface area contributed by atoms with Crippen LogP contribution in [0.4, 0.5) is 5.69 Å². The van der Waals surface area contributed by atoms with Crippen molar-refractivity contribution in [1.82, 2.24) is 0 Å². The van der Waals surface area contributed by atoms with Crippen LogP contribution in [0.5, 0.6) is 5.75 Å². The molecule has 1 rings (SSSR count). The van der Waals surface area contributed by atoms with E-state index in [0.29, 0.717) is 31.0 Å². The minimum atomic E-state index is 0.0859. The van der Waals surface area contributed by atoms with Gasteiger partial charge in [0.1, 0.15) is 0 Å². The van der Waals surface area contributed by atoms with Gasteiger partial charge in [0.15, 0.2) is 0 Å². The van der Waals surface area contributed by atoms with Gasteiger partial charge in [-0.25, -0.2) is 0 Å². The number of rotatable bonds is 8. The summed E-state index contributed by atoms with van der Waals surface area (Å²) in [5.74, 6) is 1.18. The summed E-state index contributed by atoms with van der Waals surface area (Å²) < 4.78 is 5.55. The molecular weight excluding hydrogens is 314 g/mol. The molecule has 1 aromatic rings. The van der Waals surface area contributed by atoms with E-state index >= 15 is 0 Å². The Hall–Kier alpha value is -2.41. The van der Waals surface area contributed by atoms with E-state index < -0.39 is 0 Å². The van der Waals surface area contributed by atoms with E-state index in [-0.39, 0.29) is 16.5 Å². The average molecular weight is 335 g/mol. The summed E-state index contributed by atoms with van der Waals surface area (Å²) in [6, 6.07) is 7.20. The number of aliphatic hydroxyl groups is 1. The second-order valence-corrected chi connectivity index (χ2v) is 5.06. The van der Waals surface area contributed by atoms with Crippen molar-refractivity contribution in [3.05, 3.63) is 48.5 Å². The first kappa shape index (κ1) is 18.6. The topological polar surface area (TPSA) is 106 Å². The number of aliphatic hydroxyl groups excluding tert-OH is 1. The summed E-state index contributed by atoms with van der Waals surface area (Å²) in [4.78, 5) is 3.98. The molecule has 0 fully saturated rings. The Morgan fingerprint density at radius 1 is 1.43 bits per heavy atom. The molecule has 0 saturated heterocycles. The third-order valence-electron chi connectivity index (χ3n) is 2.68. The van der Waals surface area contributed by atoms with Crippen molar-refractivity contribution in [3.63, 3.8) is 0 Å². The zero-order chi connectivity index (χ0) is 17.2. The van der Waals surface area contributed by atoms with E-state index in [0.717, 1.165) is 5.69 Å². The van der Waals surface area contributed by atoms with Crippen molar-refractivity contribution in [2.24, 2.45) is 16.5 Å². The molecule has 1 aromatic carbocycles. The molecule has 0 bridgehead atoms. The monoisotopic (exact) mass is 334 g/mol. The predicted octanol–water partition coefficient (Wildman–Crippen LogP) is 1.71. The quantitative estimate of drug-likeness (QED) is 0.145. The Morgan fingerprint density at radius 3 is 2.61 bits per heavy atom. The van der Waals surface area contributed by atoms with Crippen LogP contribution >= 0.6 is 11.6 Å². The van der Waals surface area contributed by atoms with Gasteiger partial charge in [0.25, 0.3) is 0 Å². The summed E-state index contributed by atoms with van der Waals surface area (Å²) in [5, 5.41) is 12.1. The third-order valence-corrected chi connectivity index (χ3v) is 2.77. The Bertz CT molecular complexity index is 614. The second kappa shape index (κ2) is 9.58. The van der Waals surface area contributed by atoms with E-state index in [2.05, 4.69) is 24.4 Å². The molecule has 0 aliphatic rings. The second-order valence-electron chi connectivity index (χ2n) is 4.63. The number of anilines is 1. The molecule has 0 heterocycles. The molecule has 0 spiro atoms. The summed E-state index contributed by atoms with van der Waals surface area (Å²) in [6.07, 6.45) is 2.44. The van der Waals surface area contributed by atoms with Crippen LogP contribution < -0.4 is 21.5 Å². The molecule has 8 heteroatoms. The Balaban J connectivity index is 2.65. The van der Waals surface area contributed by atoms with Crippen molar-refractivity contribution in [1.29, 1.82) is 0 Å². The van der Waals surface area contributed by atoms with Crippen molar-refractivity contribution < 1.29 is 9.84 Å². The van der Waals surface area contributed by atoms with Gasteiger partial charge < -0.3 is 5.11 Å². The number of benzene rings is 1. The molecule has 0 amide bonds. The van der Waals surface area contributed by atoms with Gasteiger partial charge in [-0.1, -0.05) is 6.58 Å². The molecule has 0 atom stereocenters. The summed E-state index contributed by atoms with van der Waals surface area (Å²) in [5.41, 5.74) is 12.1. The van der Waals surface area contributed by atoms with Crippen LogP contribution in [0.25, 0.3) is 0 Å². The van der Waals surface area contributed by atoms with E-state index in [1.165, 1.54) is 6.20 Å². The number of hydrogen-bond acceptors (Lipinski definition) is 5. The van der Waals surface area contributed by atoms with Crippen LogP contribution in [0.3, 0.4) is 0 Å². The van der Waals surface area contributed by atoms with Gasteiger partial charge in [-0.15, -0.1) is 0 Å². The molecular formula is C15H20BClN4O2. The van der Waals surface area contributed by atoms with Gasteiger partial charge >= 0.3 is 124 Å². The fraction of sp³-hybridized carbons (Fsp3) is 0.200. The summed E-state index contributed by atoms with van der Waals surface area (Å²) in [6.45, 7) is 3.92. The predicted molar refractivity (Wildman–Crippen MR) is 98.5 cm³/mol. The van der Waals surface area contributed by atoms with Crippen LogP contribution in [0.1, 0.15) is 12.8 Å². The van der Waals surface area contributed by atoms with Crippen LogP contribution in [0.15, 0.2) is 53.5 Å². The van der Waals surface area contributed by atoms with Crippen LogP contribution in [0, 0.1) is 0 Å². The van der Waals surface area contributed by atoms with Crippen LogP contribution in [-0.4, -0.2) is 30.1 Å². The first-order valence-corrected chi connectivity index (χ1v) is 7.27. The first-order chi connectivity index (χ1) is 10.9. The van der Waals surface area contributed by atoms with E-state index in [1.54, 1.807) is 24.3 Å². The normalized spacial score (nSPS) is 11.8. The number of allylic oxidation sites excluding steroid dienone is 1. The molecule has 6 nitrogen and oxygen atoms in total. The third kappa shape index (κ3) is 7.42.